The first-order valence-electron chi connectivity index (χ1n) is 11.0. The van der Waals surface area contributed by atoms with Crippen molar-refractivity contribution in [3.63, 3.8) is 0 Å². The molecule has 0 heterocycles. The lowest BCUT2D eigenvalue weighted by molar-refractivity contribution is -0.145. The highest BCUT2D eigenvalue weighted by Crippen LogP contribution is 2.30. The van der Waals surface area contributed by atoms with Crippen molar-refractivity contribution in [2.45, 2.75) is 40.7 Å². The molecule has 0 aliphatic carbocycles. The Morgan fingerprint density at radius 1 is 1.00 bits per heavy atom. The highest BCUT2D eigenvalue weighted by Gasteiger charge is 2.13. The average molecular weight is 440 g/mol. The second kappa shape index (κ2) is 12.5. The van der Waals surface area contributed by atoms with Crippen LogP contribution in [0.2, 0.25) is 0 Å². The molecule has 172 valence electrons. The van der Waals surface area contributed by atoms with Crippen molar-refractivity contribution in [3.05, 3.63) is 65.7 Å². The number of likely N-dealkylation sites (N-methyl/N-ethyl adjacent to an activating group) is 1. The van der Waals surface area contributed by atoms with E-state index >= 15 is 0 Å². The molecular formula is C26H33NO5. The van der Waals surface area contributed by atoms with Gasteiger partial charge in [-0.15, -0.1) is 0 Å². The van der Waals surface area contributed by atoms with E-state index in [1.807, 2.05) is 64.1 Å². The maximum atomic E-state index is 12.5. The minimum absolute atomic E-state index is 0.0505. The molecule has 0 spiro atoms. The molecule has 0 aliphatic rings. The van der Waals surface area contributed by atoms with E-state index < -0.39 is 5.97 Å². The molecule has 1 atom stereocenters. The highest BCUT2D eigenvalue weighted by atomic mass is 16.6. The Morgan fingerprint density at radius 3 is 2.28 bits per heavy atom. The van der Waals surface area contributed by atoms with Crippen molar-refractivity contribution >= 4 is 17.4 Å². The summed E-state index contributed by atoms with van der Waals surface area (Å²) in [6.45, 7) is 10.9. The van der Waals surface area contributed by atoms with Crippen molar-refractivity contribution in [3.8, 4) is 11.5 Å². The summed E-state index contributed by atoms with van der Waals surface area (Å²) in [5.74, 6) is 0.557. The van der Waals surface area contributed by atoms with Gasteiger partial charge in [0.25, 0.3) is 0 Å². The van der Waals surface area contributed by atoms with Crippen molar-refractivity contribution in [2.24, 2.45) is 0 Å². The predicted molar refractivity (Wildman–Crippen MR) is 126 cm³/mol. The largest absolute Gasteiger partial charge is 0.486 e. The summed E-state index contributed by atoms with van der Waals surface area (Å²) >= 11 is 0. The minimum atomic E-state index is -0.443. The minimum Gasteiger partial charge on any atom is -0.486 e. The molecule has 2 aromatic rings. The summed E-state index contributed by atoms with van der Waals surface area (Å²) in [6, 6.07) is 15.3. The van der Waals surface area contributed by atoms with Gasteiger partial charge in [-0.05, 0) is 63.5 Å². The summed E-state index contributed by atoms with van der Waals surface area (Å²) in [7, 11) is 0. The molecule has 2 aromatic carbocycles. The second-order valence-corrected chi connectivity index (χ2v) is 7.30. The topological polar surface area (TPSA) is 65.1 Å². The summed E-state index contributed by atoms with van der Waals surface area (Å²) in [6.07, 6.45) is 1.42. The number of ether oxygens (including phenoxy) is 3. The monoisotopic (exact) mass is 439 g/mol. The molecule has 0 radical (unpaired) electrons. The fourth-order valence-electron chi connectivity index (χ4n) is 3.19. The molecule has 1 unspecified atom stereocenters. The molecular weight excluding hydrogens is 406 g/mol. The second-order valence-electron chi connectivity index (χ2n) is 7.30. The third-order valence-electron chi connectivity index (χ3n) is 4.99. The maximum Gasteiger partial charge on any atom is 0.344 e. The van der Waals surface area contributed by atoms with Crippen molar-refractivity contribution in [1.29, 1.82) is 0 Å². The molecule has 0 bridgehead atoms. The molecule has 32 heavy (non-hydrogen) atoms. The van der Waals surface area contributed by atoms with Gasteiger partial charge in [-0.25, -0.2) is 4.79 Å². The summed E-state index contributed by atoms with van der Waals surface area (Å²) in [4.78, 5) is 26.0. The number of esters is 1. The Hall–Kier alpha value is -3.28. The molecule has 0 saturated heterocycles. The van der Waals surface area contributed by atoms with Crippen LogP contribution < -0.4 is 9.47 Å². The summed E-state index contributed by atoms with van der Waals surface area (Å²) in [5.41, 5.74) is 2.60. The smallest absolute Gasteiger partial charge is 0.344 e. The van der Waals surface area contributed by atoms with Crippen LogP contribution in [0.15, 0.2) is 54.6 Å². The SMILES string of the molecule is CCOC(=O)COc1cc(OC(C)c2ccccc2)cc(C(C)=CC(=O)N(CC)CC)c1. The van der Waals surface area contributed by atoms with Gasteiger partial charge >= 0.3 is 5.97 Å². The Labute approximate surface area is 190 Å². The van der Waals surface area contributed by atoms with Gasteiger partial charge in [0.15, 0.2) is 6.61 Å². The van der Waals surface area contributed by atoms with Gasteiger partial charge in [0.1, 0.15) is 17.6 Å². The van der Waals surface area contributed by atoms with Crippen LogP contribution in [0, 0.1) is 0 Å². The predicted octanol–water partition coefficient (Wildman–Crippen LogP) is 5.04. The number of nitrogens with zero attached hydrogens (tertiary/aromatic N) is 1. The third kappa shape index (κ3) is 7.45. The van der Waals surface area contributed by atoms with E-state index in [0.29, 0.717) is 31.2 Å². The van der Waals surface area contributed by atoms with E-state index in [4.69, 9.17) is 14.2 Å². The molecule has 1 amide bonds. The number of hydrogen-bond donors (Lipinski definition) is 0. The Bertz CT molecular complexity index is 919. The van der Waals surface area contributed by atoms with Crippen LogP contribution in [-0.4, -0.2) is 43.1 Å². The zero-order valence-corrected chi connectivity index (χ0v) is 19.6. The van der Waals surface area contributed by atoms with Crippen molar-refractivity contribution < 1.29 is 23.8 Å². The van der Waals surface area contributed by atoms with Gasteiger partial charge in [0, 0.05) is 25.2 Å². The Morgan fingerprint density at radius 2 is 1.66 bits per heavy atom. The van der Waals surface area contributed by atoms with E-state index in [-0.39, 0.29) is 18.6 Å². The zero-order chi connectivity index (χ0) is 23.5. The van der Waals surface area contributed by atoms with Gasteiger partial charge < -0.3 is 19.1 Å². The molecule has 0 fully saturated rings. The van der Waals surface area contributed by atoms with E-state index in [0.717, 1.165) is 16.7 Å². The summed E-state index contributed by atoms with van der Waals surface area (Å²) in [5, 5.41) is 0. The average Bonchev–Trinajstić information content (AvgIpc) is 2.79. The Balaban J connectivity index is 2.32. The van der Waals surface area contributed by atoms with Crippen LogP contribution in [0.4, 0.5) is 0 Å². The van der Waals surface area contributed by atoms with Crippen LogP contribution in [0.1, 0.15) is 51.8 Å². The first-order valence-corrected chi connectivity index (χ1v) is 11.0. The van der Waals surface area contributed by atoms with Gasteiger partial charge in [-0.3, -0.25) is 4.79 Å². The Kier molecular flexibility index (Phi) is 9.79. The van der Waals surface area contributed by atoms with Crippen LogP contribution >= 0.6 is 0 Å². The molecule has 0 N–H and O–H groups in total. The third-order valence-corrected chi connectivity index (χ3v) is 4.99. The molecule has 0 aromatic heterocycles. The van der Waals surface area contributed by atoms with E-state index in [2.05, 4.69) is 0 Å². The van der Waals surface area contributed by atoms with Gasteiger partial charge in [-0.2, -0.15) is 0 Å². The van der Waals surface area contributed by atoms with Crippen LogP contribution in [-0.2, 0) is 14.3 Å². The summed E-state index contributed by atoms with van der Waals surface area (Å²) < 4.78 is 16.8. The molecule has 0 aliphatic heterocycles. The van der Waals surface area contributed by atoms with Crippen LogP contribution in [0.3, 0.4) is 0 Å². The number of carbonyl (C=O) groups is 2. The van der Waals surface area contributed by atoms with Gasteiger partial charge in [-0.1, -0.05) is 30.3 Å². The highest BCUT2D eigenvalue weighted by molar-refractivity contribution is 5.95. The number of carbonyl (C=O) groups excluding carboxylic acids is 2. The first kappa shape index (κ1) is 25.0. The normalized spacial score (nSPS) is 12.1. The molecule has 0 saturated carbocycles. The van der Waals surface area contributed by atoms with E-state index in [1.165, 1.54) is 0 Å². The van der Waals surface area contributed by atoms with Crippen molar-refractivity contribution in [1.82, 2.24) is 4.90 Å². The van der Waals surface area contributed by atoms with E-state index in [9.17, 15) is 9.59 Å². The first-order chi connectivity index (χ1) is 15.4. The lowest BCUT2D eigenvalue weighted by atomic mass is 10.1. The number of allylic oxidation sites excluding steroid dienone is 1. The fourth-order valence-corrected chi connectivity index (χ4v) is 3.19. The fraction of sp³-hybridized carbons (Fsp3) is 0.385. The lowest BCUT2D eigenvalue weighted by Gasteiger charge is -2.18. The number of benzene rings is 2. The maximum absolute atomic E-state index is 12.5. The lowest BCUT2D eigenvalue weighted by Crippen LogP contribution is -2.28. The quantitative estimate of drug-likeness (QED) is 0.362. The van der Waals surface area contributed by atoms with Crippen molar-refractivity contribution in [2.75, 3.05) is 26.3 Å². The van der Waals surface area contributed by atoms with Gasteiger partial charge in [0.2, 0.25) is 5.91 Å². The number of amides is 1. The van der Waals surface area contributed by atoms with Crippen LogP contribution in [0.5, 0.6) is 11.5 Å². The van der Waals surface area contributed by atoms with Crippen LogP contribution in [0.25, 0.3) is 5.57 Å². The molecule has 6 nitrogen and oxygen atoms in total. The number of hydrogen-bond acceptors (Lipinski definition) is 5. The standard InChI is InChI=1S/C26H33NO5/c1-6-27(7-2)25(28)14-19(4)22-15-23(31-18-26(29)30-8-3)17-24(16-22)32-20(5)21-12-10-9-11-13-21/h9-17,20H,6-8,18H2,1-5H3. The molecule has 6 heteroatoms. The number of rotatable bonds is 11. The zero-order valence-electron chi connectivity index (χ0n) is 19.6. The van der Waals surface area contributed by atoms with Gasteiger partial charge in [0.05, 0.1) is 6.61 Å². The molecule has 2 rings (SSSR count). The van der Waals surface area contributed by atoms with E-state index in [1.54, 1.807) is 30.0 Å².